The molecule has 0 spiro atoms. The fraction of sp³-hybridized carbons (Fsp3) is 0.214. The van der Waals surface area contributed by atoms with E-state index < -0.39 is 5.97 Å². The Morgan fingerprint density at radius 1 is 1.26 bits per heavy atom. The van der Waals surface area contributed by atoms with E-state index >= 15 is 0 Å². The van der Waals surface area contributed by atoms with Crippen LogP contribution >= 0.6 is 0 Å². The molecule has 0 unspecified atom stereocenters. The van der Waals surface area contributed by atoms with Crippen LogP contribution in [0, 0.1) is 20.8 Å². The van der Waals surface area contributed by atoms with Crippen molar-refractivity contribution in [2.75, 3.05) is 0 Å². The number of aryl methyl sites for hydroxylation is 3. The highest BCUT2D eigenvalue weighted by Crippen LogP contribution is 2.26. The summed E-state index contributed by atoms with van der Waals surface area (Å²) >= 11 is 0. The standard InChI is InChI=1S/C14H14N2O3/c1-8-4-5-11(14(17)18)6-12(8)19-13-10(3)15-7-9(2)16-13/h4-7H,1-3H3,(H,17,18). The molecule has 5 heteroatoms. The molecule has 2 rings (SSSR count). The molecule has 0 aliphatic heterocycles. The number of carboxylic acids is 1. The Morgan fingerprint density at radius 2 is 2.00 bits per heavy atom. The van der Waals surface area contributed by atoms with Gasteiger partial charge in [0, 0.05) is 6.20 Å². The number of hydrogen-bond donors (Lipinski definition) is 1. The first-order valence-corrected chi connectivity index (χ1v) is 5.79. The van der Waals surface area contributed by atoms with Crippen molar-refractivity contribution in [3.63, 3.8) is 0 Å². The molecule has 1 aromatic heterocycles. The van der Waals surface area contributed by atoms with Gasteiger partial charge in [-0.1, -0.05) is 6.07 Å². The van der Waals surface area contributed by atoms with Crippen LogP contribution in [0.25, 0.3) is 0 Å². The van der Waals surface area contributed by atoms with Crippen molar-refractivity contribution >= 4 is 5.97 Å². The number of nitrogens with zero attached hydrogens (tertiary/aromatic N) is 2. The Morgan fingerprint density at radius 3 is 2.68 bits per heavy atom. The van der Waals surface area contributed by atoms with Crippen molar-refractivity contribution in [3.8, 4) is 11.6 Å². The molecule has 0 aliphatic carbocycles. The lowest BCUT2D eigenvalue weighted by Gasteiger charge is -2.10. The number of aromatic nitrogens is 2. The van der Waals surface area contributed by atoms with Gasteiger partial charge in [-0.05, 0) is 38.5 Å². The van der Waals surface area contributed by atoms with Gasteiger partial charge >= 0.3 is 5.97 Å². The van der Waals surface area contributed by atoms with Gasteiger partial charge in [0.05, 0.1) is 17.0 Å². The van der Waals surface area contributed by atoms with Crippen LogP contribution in [0.1, 0.15) is 27.3 Å². The molecule has 1 aromatic carbocycles. The molecular weight excluding hydrogens is 244 g/mol. The van der Waals surface area contributed by atoms with Crippen LogP contribution in [0.15, 0.2) is 24.4 Å². The van der Waals surface area contributed by atoms with E-state index in [1.807, 2.05) is 13.8 Å². The third-order valence-electron chi connectivity index (χ3n) is 2.67. The fourth-order valence-corrected chi connectivity index (χ4v) is 1.56. The first kappa shape index (κ1) is 13.0. The summed E-state index contributed by atoms with van der Waals surface area (Å²) in [6.45, 7) is 5.46. The quantitative estimate of drug-likeness (QED) is 0.916. The van der Waals surface area contributed by atoms with Crippen molar-refractivity contribution in [3.05, 3.63) is 46.9 Å². The number of carboxylic acid groups (broad SMARTS) is 1. The van der Waals surface area contributed by atoms with Gasteiger partial charge in [-0.25, -0.2) is 9.78 Å². The minimum Gasteiger partial charge on any atom is -0.478 e. The van der Waals surface area contributed by atoms with Crippen LogP contribution in [0.3, 0.4) is 0 Å². The number of rotatable bonds is 3. The normalized spacial score (nSPS) is 10.3. The zero-order valence-electron chi connectivity index (χ0n) is 11.0. The van der Waals surface area contributed by atoms with Gasteiger partial charge in [0.25, 0.3) is 0 Å². The van der Waals surface area contributed by atoms with Gasteiger partial charge in [0.1, 0.15) is 5.75 Å². The number of ether oxygens (including phenoxy) is 1. The summed E-state index contributed by atoms with van der Waals surface area (Å²) in [6.07, 6.45) is 1.66. The largest absolute Gasteiger partial charge is 0.478 e. The zero-order valence-corrected chi connectivity index (χ0v) is 11.0. The molecule has 19 heavy (non-hydrogen) atoms. The van der Waals surface area contributed by atoms with E-state index in [-0.39, 0.29) is 5.56 Å². The van der Waals surface area contributed by atoms with Crippen molar-refractivity contribution in [2.24, 2.45) is 0 Å². The first-order chi connectivity index (χ1) is 8.97. The Bertz CT molecular complexity index is 639. The molecule has 5 nitrogen and oxygen atoms in total. The third-order valence-corrected chi connectivity index (χ3v) is 2.67. The fourth-order valence-electron chi connectivity index (χ4n) is 1.56. The highest BCUT2D eigenvalue weighted by atomic mass is 16.5. The highest BCUT2D eigenvalue weighted by Gasteiger charge is 2.10. The topological polar surface area (TPSA) is 72.3 Å². The van der Waals surface area contributed by atoms with E-state index in [0.29, 0.717) is 17.3 Å². The Labute approximate surface area is 110 Å². The maximum Gasteiger partial charge on any atom is 0.335 e. The minimum atomic E-state index is -0.989. The van der Waals surface area contributed by atoms with Gasteiger partial charge in [-0.3, -0.25) is 4.98 Å². The number of hydrogen-bond acceptors (Lipinski definition) is 4. The van der Waals surface area contributed by atoms with Crippen LogP contribution in [-0.4, -0.2) is 21.0 Å². The lowest BCUT2D eigenvalue weighted by atomic mass is 10.1. The molecule has 0 atom stereocenters. The molecular formula is C14H14N2O3. The molecule has 0 aliphatic rings. The SMILES string of the molecule is Cc1cnc(C)c(Oc2cc(C(=O)O)ccc2C)n1. The van der Waals surface area contributed by atoms with Gasteiger partial charge < -0.3 is 9.84 Å². The second-order valence-corrected chi connectivity index (χ2v) is 4.29. The molecule has 98 valence electrons. The molecule has 0 bridgehead atoms. The van der Waals surface area contributed by atoms with Gasteiger partial charge in [-0.15, -0.1) is 0 Å². The van der Waals surface area contributed by atoms with Crippen LogP contribution in [0.4, 0.5) is 0 Å². The molecule has 1 N–H and O–H groups in total. The van der Waals surface area contributed by atoms with E-state index in [1.54, 1.807) is 25.3 Å². The molecule has 0 saturated carbocycles. The molecule has 1 heterocycles. The molecule has 0 radical (unpaired) electrons. The zero-order chi connectivity index (χ0) is 14.0. The molecule has 2 aromatic rings. The van der Waals surface area contributed by atoms with Crippen LogP contribution in [0.5, 0.6) is 11.6 Å². The monoisotopic (exact) mass is 258 g/mol. The van der Waals surface area contributed by atoms with Crippen LogP contribution in [0.2, 0.25) is 0 Å². The van der Waals surface area contributed by atoms with Crippen molar-refractivity contribution in [1.29, 1.82) is 0 Å². The lowest BCUT2D eigenvalue weighted by molar-refractivity contribution is 0.0696. The molecule has 0 amide bonds. The van der Waals surface area contributed by atoms with Gasteiger partial charge in [-0.2, -0.15) is 0 Å². The first-order valence-electron chi connectivity index (χ1n) is 5.79. The summed E-state index contributed by atoms with van der Waals surface area (Å²) in [4.78, 5) is 19.4. The Kier molecular flexibility index (Phi) is 3.46. The number of benzene rings is 1. The van der Waals surface area contributed by atoms with E-state index in [0.717, 1.165) is 11.3 Å². The van der Waals surface area contributed by atoms with Crippen molar-refractivity contribution in [1.82, 2.24) is 9.97 Å². The Hall–Kier alpha value is -2.43. The van der Waals surface area contributed by atoms with Crippen molar-refractivity contribution in [2.45, 2.75) is 20.8 Å². The van der Waals surface area contributed by atoms with Crippen LogP contribution < -0.4 is 4.74 Å². The molecule has 0 saturated heterocycles. The van der Waals surface area contributed by atoms with E-state index in [2.05, 4.69) is 9.97 Å². The summed E-state index contributed by atoms with van der Waals surface area (Å²) in [6, 6.07) is 4.73. The average Bonchev–Trinajstić information content (AvgIpc) is 2.36. The second-order valence-electron chi connectivity index (χ2n) is 4.29. The summed E-state index contributed by atoms with van der Waals surface area (Å²) in [5.41, 5.74) is 2.42. The average molecular weight is 258 g/mol. The van der Waals surface area contributed by atoms with Crippen molar-refractivity contribution < 1.29 is 14.6 Å². The second kappa shape index (κ2) is 5.06. The Balaban J connectivity index is 2.40. The van der Waals surface area contributed by atoms with Gasteiger partial charge in [0.15, 0.2) is 0 Å². The smallest absolute Gasteiger partial charge is 0.335 e. The lowest BCUT2D eigenvalue weighted by Crippen LogP contribution is -2.00. The number of aromatic carboxylic acids is 1. The molecule has 0 fully saturated rings. The van der Waals surface area contributed by atoms with Crippen LogP contribution in [-0.2, 0) is 0 Å². The maximum absolute atomic E-state index is 11.0. The maximum atomic E-state index is 11.0. The number of carbonyl (C=O) groups is 1. The van der Waals surface area contributed by atoms with E-state index in [1.165, 1.54) is 6.07 Å². The summed E-state index contributed by atoms with van der Waals surface area (Å²) < 4.78 is 5.67. The van der Waals surface area contributed by atoms with E-state index in [4.69, 9.17) is 9.84 Å². The van der Waals surface area contributed by atoms with E-state index in [9.17, 15) is 4.79 Å². The summed E-state index contributed by atoms with van der Waals surface area (Å²) in [5, 5.41) is 8.98. The summed E-state index contributed by atoms with van der Waals surface area (Å²) in [5.74, 6) is -0.120. The predicted molar refractivity (Wildman–Crippen MR) is 69.7 cm³/mol. The highest BCUT2D eigenvalue weighted by molar-refractivity contribution is 5.88. The minimum absolute atomic E-state index is 0.180. The summed E-state index contributed by atoms with van der Waals surface area (Å²) in [7, 11) is 0. The third kappa shape index (κ3) is 2.88. The van der Waals surface area contributed by atoms with Gasteiger partial charge in [0.2, 0.25) is 5.88 Å². The predicted octanol–water partition coefficient (Wildman–Crippen LogP) is 2.89.